The van der Waals surface area contributed by atoms with Gasteiger partial charge in [-0.3, -0.25) is 0 Å². The number of aliphatic hydroxyl groups is 1. The zero-order valence-corrected chi connectivity index (χ0v) is 11.5. The van der Waals surface area contributed by atoms with Gasteiger partial charge in [-0.1, -0.05) is 12.1 Å². The van der Waals surface area contributed by atoms with Crippen molar-refractivity contribution in [3.05, 3.63) is 51.2 Å². The van der Waals surface area contributed by atoms with Crippen LogP contribution in [0.4, 0.5) is 4.39 Å². The second kappa shape index (κ2) is 4.78. The van der Waals surface area contributed by atoms with Gasteiger partial charge >= 0.3 is 0 Å². The monoisotopic (exact) mass is 265 g/mol. The molecule has 1 heterocycles. The van der Waals surface area contributed by atoms with E-state index in [1.54, 1.807) is 30.4 Å². The number of hydrogen-bond acceptors (Lipinski definition) is 3. The second-order valence-corrected chi connectivity index (χ2v) is 5.99. The van der Waals surface area contributed by atoms with Gasteiger partial charge < -0.3 is 5.11 Å². The molecule has 0 saturated heterocycles. The van der Waals surface area contributed by atoms with Crippen molar-refractivity contribution >= 4 is 11.3 Å². The SMILES string of the molecule is Cc1nc(CC(C)(O)c2ccc(F)cc2)sc1C. The summed E-state index contributed by atoms with van der Waals surface area (Å²) in [5.74, 6) is -0.296. The lowest BCUT2D eigenvalue weighted by molar-refractivity contribution is 0.0575. The summed E-state index contributed by atoms with van der Waals surface area (Å²) in [5, 5.41) is 11.4. The average molecular weight is 265 g/mol. The van der Waals surface area contributed by atoms with E-state index in [-0.39, 0.29) is 5.82 Å². The van der Waals surface area contributed by atoms with Gasteiger partial charge in [0, 0.05) is 11.3 Å². The molecule has 2 aromatic rings. The first kappa shape index (κ1) is 13.2. The molecule has 0 radical (unpaired) electrons. The fourth-order valence-electron chi connectivity index (χ4n) is 1.82. The van der Waals surface area contributed by atoms with Crippen LogP contribution in [0.3, 0.4) is 0 Å². The Morgan fingerprint density at radius 3 is 2.39 bits per heavy atom. The van der Waals surface area contributed by atoms with E-state index in [1.807, 2.05) is 13.8 Å². The highest BCUT2D eigenvalue weighted by Crippen LogP contribution is 2.28. The van der Waals surface area contributed by atoms with Gasteiger partial charge in [0.15, 0.2) is 0 Å². The molecule has 0 bridgehead atoms. The molecule has 0 spiro atoms. The third kappa shape index (κ3) is 2.76. The molecule has 0 aliphatic carbocycles. The lowest BCUT2D eigenvalue weighted by Crippen LogP contribution is -2.24. The quantitative estimate of drug-likeness (QED) is 0.923. The summed E-state index contributed by atoms with van der Waals surface area (Å²) in [6, 6.07) is 5.95. The number of thiazole rings is 1. The van der Waals surface area contributed by atoms with E-state index in [4.69, 9.17) is 0 Å². The molecule has 0 fully saturated rings. The molecule has 0 saturated carbocycles. The molecule has 96 valence electrons. The van der Waals surface area contributed by atoms with E-state index in [0.717, 1.165) is 10.7 Å². The number of aryl methyl sites for hydroxylation is 2. The molecule has 1 N–H and O–H groups in total. The Kier molecular flexibility index (Phi) is 3.50. The Hall–Kier alpha value is -1.26. The molecule has 1 atom stereocenters. The van der Waals surface area contributed by atoms with Gasteiger partial charge in [0.25, 0.3) is 0 Å². The summed E-state index contributed by atoms with van der Waals surface area (Å²) in [4.78, 5) is 5.59. The largest absolute Gasteiger partial charge is 0.385 e. The molecule has 0 aliphatic rings. The first-order valence-corrected chi connectivity index (χ1v) is 6.61. The van der Waals surface area contributed by atoms with Crippen LogP contribution in [0, 0.1) is 19.7 Å². The van der Waals surface area contributed by atoms with Crippen LogP contribution in [0.1, 0.15) is 28.1 Å². The standard InChI is InChI=1S/C14H16FNOS/c1-9-10(2)18-13(16-9)8-14(3,17)11-4-6-12(15)7-5-11/h4-7,17H,8H2,1-3H3. The van der Waals surface area contributed by atoms with Crippen LogP contribution in [0.2, 0.25) is 0 Å². The van der Waals surface area contributed by atoms with Crippen LogP contribution >= 0.6 is 11.3 Å². The van der Waals surface area contributed by atoms with Crippen molar-refractivity contribution in [2.75, 3.05) is 0 Å². The number of hydrogen-bond donors (Lipinski definition) is 1. The predicted molar refractivity (Wildman–Crippen MR) is 71.3 cm³/mol. The van der Waals surface area contributed by atoms with E-state index >= 15 is 0 Å². The van der Waals surface area contributed by atoms with E-state index in [1.165, 1.54) is 17.0 Å². The summed E-state index contributed by atoms with van der Waals surface area (Å²) < 4.78 is 12.9. The summed E-state index contributed by atoms with van der Waals surface area (Å²) in [5.41, 5.74) is 0.684. The molecule has 4 heteroatoms. The third-order valence-electron chi connectivity index (χ3n) is 3.03. The zero-order valence-electron chi connectivity index (χ0n) is 10.7. The van der Waals surface area contributed by atoms with Gasteiger partial charge in [0.1, 0.15) is 5.82 Å². The Balaban J connectivity index is 2.23. The summed E-state index contributed by atoms with van der Waals surface area (Å²) in [7, 11) is 0. The van der Waals surface area contributed by atoms with Crippen molar-refractivity contribution in [3.8, 4) is 0 Å². The Morgan fingerprint density at radius 2 is 1.89 bits per heavy atom. The van der Waals surface area contributed by atoms with Gasteiger partial charge in [0.2, 0.25) is 0 Å². The van der Waals surface area contributed by atoms with Gasteiger partial charge in [-0.25, -0.2) is 9.37 Å². The summed E-state index contributed by atoms with van der Waals surface area (Å²) in [6.45, 7) is 5.71. The minimum absolute atomic E-state index is 0.296. The van der Waals surface area contributed by atoms with Crippen LogP contribution in [-0.2, 0) is 12.0 Å². The minimum atomic E-state index is -1.02. The van der Waals surface area contributed by atoms with Gasteiger partial charge in [-0.15, -0.1) is 11.3 Å². The van der Waals surface area contributed by atoms with E-state index in [9.17, 15) is 9.50 Å². The van der Waals surface area contributed by atoms with Crippen molar-refractivity contribution in [3.63, 3.8) is 0 Å². The van der Waals surface area contributed by atoms with E-state index in [0.29, 0.717) is 12.0 Å². The highest BCUT2D eigenvalue weighted by atomic mass is 32.1. The molecular formula is C14H16FNOS. The number of halogens is 1. The van der Waals surface area contributed by atoms with Gasteiger partial charge in [-0.2, -0.15) is 0 Å². The maximum atomic E-state index is 12.9. The molecule has 0 amide bonds. The number of aromatic nitrogens is 1. The Morgan fingerprint density at radius 1 is 1.28 bits per heavy atom. The van der Waals surface area contributed by atoms with Crippen molar-refractivity contribution < 1.29 is 9.50 Å². The molecule has 1 unspecified atom stereocenters. The molecule has 0 aliphatic heterocycles. The highest BCUT2D eigenvalue weighted by molar-refractivity contribution is 7.11. The van der Waals surface area contributed by atoms with Crippen LogP contribution in [0.25, 0.3) is 0 Å². The fourth-order valence-corrected chi connectivity index (χ4v) is 2.90. The molecule has 18 heavy (non-hydrogen) atoms. The third-order valence-corrected chi connectivity index (χ3v) is 4.11. The predicted octanol–water partition coefficient (Wildman–Crippen LogP) is 3.35. The first-order chi connectivity index (χ1) is 8.38. The smallest absolute Gasteiger partial charge is 0.123 e. The maximum absolute atomic E-state index is 12.9. The van der Waals surface area contributed by atoms with Crippen molar-refractivity contribution in [2.45, 2.75) is 32.8 Å². The van der Waals surface area contributed by atoms with Crippen LogP contribution in [0.5, 0.6) is 0 Å². The average Bonchev–Trinajstić information content (AvgIpc) is 2.57. The lowest BCUT2D eigenvalue weighted by atomic mass is 9.93. The van der Waals surface area contributed by atoms with E-state index in [2.05, 4.69) is 4.98 Å². The highest BCUT2D eigenvalue weighted by Gasteiger charge is 2.25. The zero-order chi connectivity index (χ0) is 13.3. The Labute approximate surface area is 110 Å². The first-order valence-electron chi connectivity index (χ1n) is 5.80. The molecule has 1 aromatic heterocycles. The topological polar surface area (TPSA) is 33.1 Å². The molecular weight excluding hydrogens is 249 g/mol. The van der Waals surface area contributed by atoms with Crippen LogP contribution < -0.4 is 0 Å². The lowest BCUT2D eigenvalue weighted by Gasteiger charge is -2.22. The van der Waals surface area contributed by atoms with Crippen molar-refractivity contribution in [1.82, 2.24) is 4.98 Å². The van der Waals surface area contributed by atoms with Crippen molar-refractivity contribution in [1.29, 1.82) is 0 Å². The van der Waals surface area contributed by atoms with Crippen LogP contribution in [-0.4, -0.2) is 10.1 Å². The van der Waals surface area contributed by atoms with Gasteiger partial charge in [0.05, 0.1) is 16.3 Å². The summed E-state index contributed by atoms with van der Waals surface area (Å²) in [6.07, 6.45) is 0.442. The maximum Gasteiger partial charge on any atom is 0.123 e. The second-order valence-electron chi connectivity index (χ2n) is 4.71. The Bertz CT molecular complexity index is 526. The number of nitrogens with zero attached hydrogens (tertiary/aromatic N) is 1. The normalized spacial score (nSPS) is 14.5. The molecule has 1 aromatic carbocycles. The van der Waals surface area contributed by atoms with Gasteiger partial charge in [-0.05, 0) is 38.5 Å². The number of rotatable bonds is 3. The number of benzene rings is 1. The molecule has 2 rings (SSSR count). The fraction of sp³-hybridized carbons (Fsp3) is 0.357. The van der Waals surface area contributed by atoms with Crippen molar-refractivity contribution in [2.24, 2.45) is 0 Å². The van der Waals surface area contributed by atoms with E-state index < -0.39 is 5.60 Å². The summed E-state index contributed by atoms with van der Waals surface area (Å²) >= 11 is 1.59. The van der Waals surface area contributed by atoms with Crippen LogP contribution in [0.15, 0.2) is 24.3 Å². The minimum Gasteiger partial charge on any atom is -0.385 e. The molecule has 2 nitrogen and oxygen atoms in total.